The second-order valence-electron chi connectivity index (χ2n) is 7.90. The van der Waals surface area contributed by atoms with E-state index in [-0.39, 0.29) is 19.0 Å². The van der Waals surface area contributed by atoms with E-state index in [4.69, 9.17) is 9.31 Å². The number of para-hydroxylation sites is 1. The standard InChI is InChI=1S/C18H26BNO2/c1-5-20(14-9-7-6-8-10-14)19-21-16-12-13-11-15(17(13,2)3)18(16,4)22-19/h6-10,13,15-16H,5,11-12H2,1-4H3/t13-,15-,16+,18-/m0/s1. The summed E-state index contributed by atoms with van der Waals surface area (Å²) >= 11 is 0. The molecule has 3 saturated carbocycles. The molecule has 0 N–H and O–H groups in total. The van der Waals surface area contributed by atoms with E-state index in [1.165, 1.54) is 12.1 Å². The maximum atomic E-state index is 6.55. The Bertz CT molecular complexity index is 563. The Morgan fingerprint density at radius 3 is 2.55 bits per heavy atom. The highest BCUT2D eigenvalue weighted by molar-refractivity contribution is 6.50. The summed E-state index contributed by atoms with van der Waals surface area (Å²) in [7, 11) is -0.252. The topological polar surface area (TPSA) is 21.7 Å². The van der Waals surface area contributed by atoms with E-state index < -0.39 is 0 Å². The van der Waals surface area contributed by atoms with E-state index in [9.17, 15) is 0 Å². The molecule has 2 bridgehead atoms. The van der Waals surface area contributed by atoms with Crippen molar-refractivity contribution < 1.29 is 9.31 Å². The molecule has 1 aliphatic heterocycles. The van der Waals surface area contributed by atoms with Gasteiger partial charge in [0, 0.05) is 12.2 Å². The van der Waals surface area contributed by atoms with Crippen LogP contribution in [0.4, 0.5) is 5.69 Å². The first-order valence-corrected chi connectivity index (χ1v) is 8.61. The molecule has 4 aliphatic rings. The molecule has 0 radical (unpaired) electrons. The Morgan fingerprint density at radius 1 is 1.18 bits per heavy atom. The molecular formula is C18H26BNO2. The predicted octanol–water partition coefficient (Wildman–Crippen LogP) is 3.74. The van der Waals surface area contributed by atoms with E-state index >= 15 is 0 Å². The first-order valence-electron chi connectivity index (χ1n) is 8.61. The van der Waals surface area contributed by atoms with Crippen LogP contribution in [0, 0.1) is 17.3 Å². The van der Waals surface area contributed by atoms with E-state index in [2.05, 4.69) is 56.8 Å². The van der Waals surface area contributed by atoms with Crippen molar-refractivity contribution in [3.05, 3.63) is 30.3 Å². The smallest absolute Gasteiger partial charge is 0.386 e. The Labute approximate surface area is 134 Å². The van der Waals surface area contributed by atoms with E-state index in [0.29, 0.717) is 11.3 Å². The third-order valence-electron chi connectivity index (χ3n) is 6.62. The summed E-state index contributed by atoms with van der Waals surface area (Å²) in [4.78, 5) is 2.23. The van der Waals surface area contributed by atoms with Crippen molar-refractivity contribution in [2.75, 3.05) is 11.4 Å². The Balaban J connectivity index is 1.59. The molecule has 0 spiro atoms. The third kappa shape index (κ3) is 1.83. The van der Waals surface area contributed by atoms with Crippen molar-refractivity contribution in [3.63, 3.8) is 0 Å². The lowest BCUT2D eigenvalue weighted by Crippen LogP contribution is -2.65. The maximum absolute atomic E-state index is 6.55. The fourth-order valence-corrected chi connectivity index (χ4v) is 5.05. The van der Waals surface area contributed by atoms with Crippen molar-refractivity contribution in [2.24, 2.45) is 17.3 Å². The number of nitrogens with zero attached hydrogens (tertiary/aromatic N) is 1. The van der Waals surface area contributed by atoms with Crippen LogP contribution in [-0.2, 0) is 9.31 Å². The van der Waals surface area contributed by atoms with Gasteiger partial charge in [-0.15, -0.1) is 0 Å². The van der Waals surface area contributed by atoms with Gasteiger partial charge in [-0.25, -0.2) is 0 Å². The quantitative estimate of drug-likeness (QED) is 0.794. The largest absolute Gasteiger partial charge is 0.594 e. The molecule has 0 amide bonds. The van der Waals surface area contributed by atoms with Crippen molar-refractivity contribution >= 4 is 12.9 Å². The fraction of sp³-hybridized carbons (Fsp3) is 0.667. The molecule has 0 aromatic heterocycles. The molecule has 118 valence electrons. The average molecular weight is 299 g/mol. The van der Waals surface area contributed by atoms with Crippen LogP contribution in [0.15, 0.2) is 30.3 Å². The summed E-state index contributed by atoms with van der Waals surface area (Å²) in [6.45, 7) is 10.1. The highest BCUT2D eigenvalue weighted by Gasteiger charge is 2.68. The van der Waals surface area contributed by atoms with Gasteiger partial charge in [-0.05, 0) is 56.1 Å². The zero-order valence-corrected chi connectivity index (χ0v) is 14.1. The monoisotopic (exact) mass is 299 g/mol. The number of hydrogen-bond acceptors (Lipinski definition) is 3. The number of rotatable bonds is 3. The average Bonchev–Trinajstić information content (AvgIpc) is 2.85. The Kier molecular flexibility index (Phi) is 3.15. The highest BCUT2D eigenvalue weighted by atomic mass is 16.7. The van der Waals surface area contributed by atoms with Crippen LogP contribution in [0.5, 0.6) is 0 Å². The van der Waals surface area contributed by atoms with Crippen LogP contribution in [0.3, 0.4) is 0 Å². The summed E-state index contributed by atoms with van der Waals surface area (Å²) in [5.74, 6) is 1.41. The Hall–Kier alpha value is -0.995. The molecule has 4 fully saturated rings. The molecule has 1 aromatic rings. The number of anilines is 1. The van der Waals surface area contributed by atoms with Gasteiger partial charge in [0.15, 0.2) is 0 Å². The number of benzene rings is 1. The number of hydrogen-bond donors (Lipinski definition) is 0. The third-order valence-corrected chi connectivity index (χ3v) is 6.62. The normalized spacial score (nSPS) is 38.4. The van der Waals surface area contributed by atoms with E-state index in [1.807, 2.05) is 6.07 Å². The predicted molar refractivity (Wildman–Crippen MR) is 89.6 cm³/mol. The fourth-order valence-electron chi connectivity index (χ4n) is 5.05. The summed E-state index contributed by atoms with van der Waals surface area (Å²) in [6, 6.07) is 10.4. The second-order valence-corrected chi connectivity index (χ2v) is 7.90. The van der Waals surface area contributed by atoms with Crippen LogP contribution < -0.4 is 4.81 Å². The van der Waals surface area contributed by atoms with Gasteiger partial charge in [-0.2, -0.15) is 0 Å². The highest BCUT2D eigenvalue weighted by Crippen LogP contribution is 2.65. The first-order chi connectivity index (χ1) is 10.5. The molecular weight excluding hydrogens is 273 g/mol. The molecule has 1 saturated heterocycles. The van der Waals surface area contributed by atoms with Crippen LogP contribution in [0.25, 0.3) is 0 Å². The van der Waals surface area contributed by atoms with Gasteiger partial charge in [-0.1, -0.05) is 32.0 Å². The molecule has 3 nitrogen and oxygen atoms in total. The molecule has 5 rings (SSSR count). The van der Waals surface area contributed by atoms with Gasteiger partial charge in [0.25, 0.3) is 0 Å². The van der Waals surface area contributed by atoms with Crippen molar-refractivity contribution in [1.29, 1.82) is 0 Å². The van der Waals surface area contributed by atoms with Gasteiger partial charge in [-0.3, -0.25) is 0 Å². The van der Waals surface area contributed by atoms with Gasteiger partial charge < -0.3 is 14.1 Å². The summed E-state index contributed by atoms with van der Waals surface area (Å²) in [5.41, 5.74) is 1.43. The Morgan fingerprint density at radius 2 is 1.91 bits per heavy atom. The molecule has 0 unspecified atom stereocenters. The van der Waals surface area contributed by atoms with Gasteiger partial charge in [0.2, 0.25) is 0 Å². The van der Waals surface area contributed by atoms with E-state index in [0.717, 1.165) is 18.9 Å². The summed E-state index contributed by atoms with van der Waals surface area (Å²) in [5, 5.41) is 0. The SMILES string of the molecule is CCN(B1O[C@@H]2C[C@@H]3C[C@@H](C3(C)C)[C@]2(C)O1)c1ccccc1. The molecule has 4 atom stereocenters. The minimum Gasteiger partial charge on any atom is -0.386 e. The van der Waals surface area contributed by atoms with Gasteiger partial charge in [0.1, 0.15) is 0 Å². The zero-order chi connectivity index (χ0) is 15.5. The minimum atomic E-state index is -0.252. The van der Waals surface area contributed by atoms with Crippen molar-refractivity contribution in [2.45, 2.75) is 52.2 Å². The summed E-state index contributed by atoms with van der Waals surface area (Å²) < 4.78 is 12.9. The van der Waals surface area contributed by atoms with Crippen molar-refractivity contribution in [1.82, 2.24) is 0 Å². The summed E-state index contributed by atoms with van der Waals surface area (Å²) in [6.07, 6.45) is 2.68. The maximum Gasteiger partial charge on any atom is 0.594 e. The molecule has 4 heteroatoms. The molecule has 1 aromatic carbocycles. The lowest BCUT2D eigenvalue weighted by atomic mass is 9.43. The van der Waals surface area contributed by atoms with Crippen LogP contribution in [0.1, 0.15) is 40.5 Å². The van der Waals surface area contributed by atoms with Gasteiger partial charge >= 0.3 is 7.25 Å². The van der Waals surface area contributed by atoms with Crippen LogP contribution in [0.2, 0.25) is 0 Å². The van der Waals surface area contributed by atoms with Crippen molar-refractivity contribution in [3.8, 4) is 0 Å². The minimum absolute atomic E-state index is 0.134. The second kappa shape index (κ2) is 4.75. The first kappa shape index (κ1) is 14.6. The van der Waals surface area contributed by atoms with Crippen LogP contribution >= 0.6 is 0 Å². The van der Waals surface area contributed by atoms with E-state index in [1.54, 1.807) is 0 Å². The zero-order valence-electron chi connectivity index (χ0n) is 14.1. The van der Waals surface area contributed by atoms with Gasteiger partial charge in [0.05, 0.1) is 11.7 Å². The molecule has 22 heavy (non-hydrogen) atoms. The molecule has 1 heterocycles. The van der Waals surface area contributed by atoms with Crippen LogP contribution in [-0.4, -0.2) is 25.5 Å². The lowest BCUT2D eigenvalue weighted by Gasteiger charge is -2.64. The lowest BCUT2D eigenvalue weighted by molar-refractivity contribution is -0.199. The molecule has 3 aliphatic carbocycles.